The smallest absolute Gasteiger partial charge is 0.153 e. The van der Waals surface area contributed by atoms with Crippen molar-refractivity contribution in [3.63, 3.8) is 0 Å². The summed E-state index contributed by atoms with van der Waals surface area (Å²) in [5, 5.41) is 7.44. The van der Waals surface area contributed by atoms with Crippen LogP contribution in [0.2, 0.25) is 5.02 Å². The zero-order valence-corrected chi connectivity index (χ0v) is 11.0. The molecule has 2 heterocycles. The number of aromatic nitrogens is 3. The fourth-order valence-electron chi connectivity index (χ4n) is 2.02. The van der Waals surface area contributed by atoms with Gasteiger partial charge >= 0.3 is 0 Å². The van der Waals surface area contributed by atoms with Crippen molar-refractivity contribution in [3.8, 4) is 22.4 Å². The fourth-order valence-corrected chi connectivity index (χ4v) is 2.15. The molecule has 0 spiro atoms. The number of nitrogens with one attached hydrogen (secondary N) is 1. The van der Waals surface area contributed by atoms with Crippen LogP contribution in [0.3, 0.4) is 0 Å². The molecule has 6 heteroatoms. The number of nitrogens with two attached hydrogens (primary N) is 1. The van der Waals surface area contributed by atoms with E-state index >= 15 is 0 Å². The molecule has 0 radical (unpaired) electrons. The number of aromatic amines is 1. The van der Waals surface area contributed by atoms with E-state index in [0.29, 0.717) is 27.7 Å². The number of nitrogens with zero attached hydrogens (tertiary/aromatic N) is 2. The molecule has 4 nitrogen and oxygen atoms in total. The van der Waals surface area contributed by atoms with Crippen LogP contribution < -0.4 is 5.73 Å². The van der Waals surface area contributed by atoms with Crippen LogP contribution in [0.5, 0.6) is 0 Å². The van der Waals surface area contributed by atoms with Gasteiger partial charge in [0.1, 0.15) is 5.82 Å². The summed E-state index contributed by atoms with van der Waals surface area (Å²) in [6.07, 6.45) is 2.70. The number of halogens is 2. The Labute approximate surface area is 119 Å². The van der Waals surface area contributed by atoms with Crippen LogP contribution in [0.15, 0.2) is 42.7 Å². The van der Waals surface area contributed by atoms with Crippen LogP contribution in [0.1, 0.15) is 0 Å². The molecule has 0 aliphatic carbocycles. The number of nitrogen functional groups attached to an aromatic ring is 1. The Kier molecular flexibility index (Phi) is 3.12. The highest BCUT2D eigenvalue weighted by Gasteiger charge is 2.15. The van der Waals surface area contributed by atoms with E-state index in [1.54, 1.807) is 18.3 Å². The van der Waals surface area contributed by atoms with E-state index in [0.717, 1.165) is 11.8 Å². The molecule has 3 rings (SSSR count). The average Bonchev–Trinajstić information content (AvgIpc) is 2.82. The van der Waals surface area contributed by atoms with Gasteiger partial charge in [-0.25, -0.2) is 4.39 Å². The van der Waals surface area contributed by atoms with Crippen molar-refractivity contribution in [1.82, 2.24) is 15.2 Å². The number of rotatable bonds is 2. The zero-order chi connectivity index (χ0) is 14.1. The lowest BCUT2D eigenvalue weighted by atomic mass is 10.0. The number of pyridine rings is 1. The lowest BCUT2D eigenvalue weighted by Gasteiger charge is -2.05. The minimum Gasteiger partial charge on any atom is -0.382 e. The SMILES string of the molecule is Nc1n[nH]c(-c2cncc(F)c2)c1-c1ccc(Cl)cc1. The quantitative estimate of drug-likeness (QED) is 0.758. The molecule has 0 amide bonds. The van der Waals surface area contributed by atoms with Gasteiger partial charge in [-0.05, 0) is 23.8 Å². The van der Waals surface area contributed by atoms with Crippen molar-refractivity contribution >= 4 is 17.4 Å². The van der Waals surface area contributed by atoms with Crippen molar-refractivity contribution in [1.29, 1.82) is 0 Å². The van der Waals surface area contributed by atoms with Gasteiger partial charge in [0.05, 0.1) is 17.5 Å². The highest BCUT2D eigenvalue weighted by atomic mass is 35.5. The summed E-state index contributed by atoms with van der Waals surface area (Å²) in [6, 6.07) is 8.56. The highest BCUT2D eigenvalue weighted by molar-refractivity contribution is 6.30. The second kappa shape index (κ2) is 4.94. The number of benzene rings is 1. The first-order chi connectivity index (χ1) is 9.65. The topological polar surface area (TPSA) is 67.6 Å². The van der Waals surface area contributed by atoms with Crippen molar-refractivity contribution in [2.75, 3.05) is 5.73 Å². The molecule has 0 saturated heterocycles. The lowest BCUT2D eigenvalue weighted by molar-refractivity contribution is 0.622. The Morgan fingerprint density at radius 2 is 1.85 bits per heavy atom. The fraction of sp³-hybridized carbons (Fsp3) is 0. The molecule has 3 aromatic rings. The first-order valence-electron chi connectivity index (χ1n) is 5.86. The number of H-pyrrole nitrogens is 1. The van der Waals surface area contributed by atoms with Crippen LogP contribution in [0.4, 0.5) is 10.2 Å². The first-order valence-corrected chi connectivity index (χ1v) is 6.23. The summed E-state index contributed by atoms with van der Waals surface area (Å²) in [4.78, 5) is 3.83. The van der Waals surface area contributed by atoms with Gasteiger partial charge in [-0.2, -0.15) is 5.10 Å². The van der Waals surface area contributed by atoms with Gasteiger partial charge < -0.3 is 5.73 Å². The van der Waals surface area contributed by atoms with Crippen LogP contribution >= 0.6 is 11.6 Å². The molecule has 0 aliphatic rings. The predicted octanol–water partition coefficient (Wildman–Crippen LogP) is 3.51. The lowest BCUT2D eigenvalue weighted by Crippen LogP contribution is -1.89. The van der Waals surface area contributed by atoms with Gasteiger partial charge in [-0.3, -0.25) is 10.1 Å². The zero-order valence-electron chi connectivity index (χ0n) is 10.3. The standard InChI is InChI=1S/C14H10ClFN4/c15-10-3-1-8(2-4-10)12-13(19-20-14(12)17)9-5-11(16)7-18-6-9/h1-7H,(H3,17,19,20). The van der Waals surface area contributed by atoms with Gasteiger partial charge in [-0.1, -0.05) is 23.7 Å². The van der Waals surface area contributed by atoms with E-state index in [1.165, 1.54) is 6.07 Å². The van der Waals surface area contributed by atoms with Crippen molar-refractivity contribution < 1.29 is 4.39 Å². The minimum absolute atomic E-state index is 0.339. The summed E-state index contributed by atoms with van der Waals surface area (Å²) in [7, 11) is 0. The van der Waals surface area contributed by atoms with Gasteiger partial charge in [0, 0.05) is 16.8 Å². The van der Waals surface area contributed by atoms with Crippen LogP contribution in [-0.4, -0.2) is 15.2 Å². The molecule has 0 aliphatic heterocycles. The Morgan fingerprint density at radius 1 is 1.10 bits per heavy atom. The third kappa shape index (κ3) is 2.23. The summed E-state index contributed by atoms with van der Waals surface area (Å²) < 4.78 is 13.3. The first kappa shape index (κ1) is 12.6. The molecule has 3 N–H and O–H groups in total. The van der Waals surface area contributed by atoms with E-state index in [1.807, 2.05) is 12.1 Å². The van der Waals surface area contributed by atoms with Crippen molar-refractivity contribution in [3.05, 3.63) is 53.6 Å². The number of hydrogen-bond acceptors (Lipinski definition) is 3. The molecule has 0 fully saturated rings. The molecule has 0 bridgehead atoms. The van der Waals surface area contributed by atoms with E-state index in [-0.39, 0.29) is 0 Å². The summed E-state index contributed by atoms with van der Waals surface area (Å²) in [5.74, 6) is -0.0793. The second-order valence-electron chi connectivity index (χ2n) is 4.26. The monoisotopic (exact) mass is 288 g/mol. The third-order valence-electron chi connectivity index (χ3n) is 2.92. The van der Waals surface area contributed by atoms with Crippen molar-refractivity contribution in [2.24, 2.45) is 0 Å². The Hall–Kier alpha value is -2.40. The molecule has 1 aromatic carbocycles. The van der Waals surface area contributed by atoms with Gasteiger partial charge in [-0.15, -0.1) is 0 Å². The molecular weight excluding hydrogens is 279 g/mol. The predicted molar refractivity (Wildman–Crippen MR) is 76.6 cm³/mol. The van der Waals surface area contributed by atoms with Crippen LogP contribution in [0.25, 0.3) is 22.4 Å². The van der Waals surface area contributed by atoms with Crippen LogP contribution in [0, 0.1) is 5.82 Å². The summed E-state index contributed by atoms with van der Waals surface area (Å²) in [6.45, 7) is 0. The minimum atomic E-state index is -0.419. The Balaban J connectivity index is 2.17. The molecule has 100 valence electrons. The van der Waals surface area contributed by atoms with E-state index in [4.69, 9.17) is 17.3 Å². The summed E-state index contributed by atoms with van der Waals surface area (Å²) in [5.41, 5.74) is 8.65. The second-order valence-corrected chi connectivity index (χ2v) is 4.69. The maximum atomic E-state index is 13.3. The van der Waals surface area contributed by atoms with Gasteiger partial charge in [0.15, 0.2) is 5.82 Å². The molecule has 2 aromatic heterocycles. The molecule has 0 unspecified atom stereocenters. The number of anilines is 1. The van der Waals surface area contributed by atoms with Gasteiger partial charge in [0.2, 0.25) is 0 Å². The normalized spacial score (nSPS) is 10.7. The molecule has 20 heavy (non-hydrogen) atoms. The van der Waals surface area contributed by atoms with E-state index in [9.17, 15) is 4.39 Å². The molecular formula is C14H10ClFN4. The Morgan fingerprint density at radius 3 is 2.55 bits per heavy atom. The third-order valence-corrected chi connectivity index (χ3v) is 3.17. The maximum Gasteiger partial charge on any atom is 0.153 e. The summed E-state index contributed by atoms with van der Waals surface area (Å²) >= 11 is 5.88. The average molecular weight is 289 g/mol. The van der Waals surface area contributed by atoms with Crippen LogP contribution in [-0.2, 0) is 0 Å². The Bertz CT molecular complexity index is 752. The van der Waals surface area contributed by atoms with E-state index < -0.39 is 5.82 Å². The van der Waals surface area contributed by atoms with Gasteiger partial charge in [0.25, 0.3) is 0 Å². The van der Waals surface area contributed by atoms with E-state index in [2.05, 4.69) is 15.2 Å². The molecule has 0 atom stereocenters. The maximum absolute atomic E-state index is 13.3. The molecule has 0 saturated carbocycles. The number of hydrogen-bond donors (Lipinski definition) is 2. The highest BCUT2D eigenvalue weighted by Crippen LogP contribution is 2.34. The largest absolute Gasteiger partial charge is 0.382 e. The van der Waals surface area contributed by atoms with Crippen molar-refractivity contribution in [2.45, 2.75) is 0 Å².